The molecule has 2 aromatic rings. The average Bonchev–Trinajstić information content (AvgIpc) is 3.10. The molecule has 7 heteroatoms. The van der Waals surface area contributed by atoms with E-state index in [-0.39, 0.29) is 18.2 Å². The number of furan rings is 1. The van der Waals surface area contributed by atoms with Crippen molar-refractivity contribution in [1.29, 1.82) is 0 Å². The van der Waals surface area contributed by atoms with Gasteiger partial charge in [0.2, 0.25) is 0 Å². The normalized spacial score (nSPS) is 14.4. The molecule has 0 unspecified atom stereocenters. The van der Waals surface area contributed by atoms with Gasteiger partial charge in [-0.05, 0) is 43.5 Å². The van der Waals surface area contributed by atoms with E-state index in [0.29, 0.717) is 17.1 Å². The lowest BCUT2D eigenvalue weighted by Gasteiger charge is -2.29. The minimum Gasteiger partial charge on any atom is -0.454 e. The highest BCUT2D eigenvalue weighted by molar-refractivity contribution is 5.98. The maximum absolute atomic E-state index is 12.5. The predicted octanol–water partition coefficient (Wildman–Crippen LogP) is 1.69. The largest absolute Gasteiger partial charge is 0.454 e. The number of rotatable bonds is 5. The van der Waals surface area contributed by atoms with E-state index in [0.717, 1.165) is 25.9 Å². The molecular formula is C17H20N4O3. The van der Waals surface area contributed by atoms with Crippen LogP contribution in [0, 0.1) is 0 Å². The van der Waals surface area contributed by atoms with Gasteiger partial charge in [-0.25, -0.2) is 4.98 Å². The number of anilines is 1. The second-order valence-corrected chi connectivity index (χ2v) is 5.74. The molecule has 0 aromatic carbocycles. The van der Waals surface area contributed by atoms with Crippen LogP contribution in [-0.4, -0.2) is 29.9 Å². The third kappa shape index (κ3) is 3.56. The van der Waals surface area contributed by atoms with Crippen LogP contribution in [0.3, 0.4) is 0 Å². The molecule has 0 atom stereocenters. The Bertz CT molecular complexity index is 735. The first-order chi connectivity index (χ1) is 11.6. The first-order valence-electron chi connectivity index (χ1n) is 8.02. The molecule has 2 aromatic heterocycles. The first-order valence-corrected chi connectivity index (χ1v) is 8.02. The van der Waals surface area contributed by atoms with Gasteiger partial charge < -0.3 is 20.4 Å². The number of primary amides is 1. The summed E-state index contributed by atoms with van der Waals surface area (Å²) in [4.78, 5) is 30.1. The lowest BCUT2D eigenvalue weighted by Crippen LogP contribution is -2.33. The van der Waals surface area contributed by atoms with Gasteiger partial charge in [-0.1, -0.05) is 0 Å². The summed E-state index contributed by atoms with van der Waals surface area (Å²) in [6.07, 6.45) is 5.14. The van der Waals surface area contributed by atoms with Crippen molar-refractivity contribution in [3.05, 3.63) is 47.5 Å². The number of carbonyl (C=O) groups is 2. The van der Waals surface area contributed by atoms with E-state index < -0.39 is 5.91 Å². The number of pyridine rings is 1. The quantitative estimate of drug-likeness (QED) is 0.870. The topological polar surface area (TPSA) is 101 Å². The van der Waals surface area contributed by atoms with Gasteiger partial charge in [0.15, 0.2) is 5.76 Å². The van der Waals surface area contributed by atoms with Crippen LogP contribution in [0.15, 0.2) is 34.9 Å². The molecule has 2 amide bonds. The van der Waals surface area contributed by atoms with Gasteiger partial charge in [0.25, 0.3) is 11.8 Å². The molecule has 0 aliphatic carbocycles. The van der Waals surface area contributed by atoms with Crippen molar-refractivity contribution in [2.45, 2.75) is 25.8 Å². The highest BCUT2D eigenvalue weighted by Crippen LogP contribution is 2.21. The van der Waals surface area contributed by atoms with Crippen LogP contribution >= 0.6 is 0 Å². The number of hydrogen-bond donors (Lipinski definition) is 2. The summed E-state index contributed by atoms with van der Waals surface area (Å²) < 4.78 is 5.26. The fourth-order valence-electron chi connectivity index (χ4n) is 2.80. The zero-order chi connectivity index (χ0) is 16.9. The smallest absolute Gasteiger partial charge is 0.284 e. The standard InChI is InChI=1S/C17H20N4O3/c18-15(22)14-7-6-12(24-14)11-20-17(23)13-5-4-8-19-16(13)21-9-2-1-3-10-21/h4-8H,1-3,9-11H2,(H2,18,22)(H,20,23). The van der Waals surface area contributed by atoms with E-state index in [1.54, 1.807) is 24.4 Å². The van der Waals surface area contributed by atoms with Gasteiger partial charge in [0, 0.05) is 19.3 Å². The second kappa shape index (κ2) is 7.16. The molecule has 1 fully saturated rings. The number of nitrogens with zero attached hydrogens (tertiary/aromatic N) is 2. The first kappa shape index (κ1) is 16.0. The lowest BCUT2D eigenvalue weighted by molar-refractivity contribution is 0.0948. The van der Waals surface area contributed by atoms with E-state index in [1.165, 1.54) is 12.5 Å². The molecule has 0 radical (unpaired) electrons. The molecule has 1 aliphatic rings. The number of carbonyl (C=O) groups excluding carboxylic acids is 2. The third-order valence-corrected chi connectivity index (χ3v) is 4.01. The summed E-state index contributed by atoms with van der Waals surface area (Å²) >= 11 is 0. The Morgan fingerprint density at radius 1 is 1.21 bits per heavy atom. The number of aromatic nitrogens is 1. The molecule has 7 nitrogen and oxygen atoms in total. The van der Waals surface area contributed by atoms with Crippen molar-refractivity contribution in [2.75, 3.05) is 18.0 Å². The summed E-state index contributed by atoms with van der Waals surface area (Å²) in [7, 11) is 0. The highest BCUT2D eigenvalue weighted by atomic mass is 16.4. The van der Waals surface area contributed by atoms with E-state index >= 15 is 0 Å². The summed E-state index contributed by atoms with van der Waals surface area (Å²) in [5, 5.41) is 2.80. The monoisotopic (exact) mass is 328 g/mol. The fourth-order valence-corrected chi connectivity index (χ4v) is 2.80. The van der Waals surface area contributed by atoms with Gasteiger partial charge in [-0.3, -0.25) is 9.59 Å². The molecule has 3 heterocycles. The Hall–Kier alpha value is -2.83. The third-order valence-electron chi connectivity index (χ3n) is 4.01. The van der Waals surface area contributed by atoms with Gasteiger partial charge in [-0.15, -0.1) is 0 Å². The summed E-state index contributed by atoms with van der Waals surface area (Å²) in [6.45, 7) is 2.01. The maximum atomic E-state index is 12.5. The highest BCUT2D eigenvalue weighted by Gasteiger charge is 2.19. The SMILES string of the molecule is NC(=O)c1ccc(CNC(=O)c2cccnc2N2CCCCC2)o1. The number of hydrogen-bond acceptors (Lipinski definition) is 5. The Kier molecular flexibility index (Phi) is 4.79. The van der Waals surface area contributed by atoms with Crippen LogP contribution in [0.4, 0.5) is 5.82 Å². The minimum atomic E-state index is -0.632. The van der Waals surface area contributed by atoms with Crippen LogP contribution in [0.1, 0.15) is 45.9 Å². The summed E-state index contributed by atoms with van der Waals surface area (Å²) in [5.41, 5.74) is 5.69. The Labute approximate surface area is 139 Å². The van der Waals surface area contributed by atoms with E-state index in [2.05, 4.69) is 15.2 Å². The second-order valence-electron chi connectivity index (χ2n) is 5.74. The number of nitrogens with two attached hydrogens (primary N) is 1. The fraction of sp³-hybridized carbons (Fsp3) is 0.353. The van der Waals surface area contributed by atoms with Crippen molar-refractivity contribution < 1.29 is 14.0 Å². The van der Waals surface area contributed by atoms with E-state index in [1.807, 2.05) is 0 Å². The van der Waals surface area contributed by atoms with Crippen LogP contribution in [0.2, 0.25) is 0 Å². The van der Waals surface area contributed by atoms with E-state index in [4.69, 9.17) is 10.2 Å². The van der Waals surface area contributed by atoms with Crippen molar-refractivity contribution in [2.24, 2.45) is 5.73 Å². The molecule has 0 saturated carbocycles. The zero-order valence-corrected chi connectivity index (χ0v) is 13.3. The number of amides is 2. The molecule has 1 aliphatic heterocycles. The van der Waals surface area contributed by atoms with Gasteiger partial charge in [0.1, 0.15) is 11.6 Å². The van der Waals surface area contributed by atoms with Crippen molar-refractivity contribution in [3.63, 3.8) is 0 Å². The molecule has 1 saturated heterocycles. The lowest BCUT2D eigenvalue weighted by atomic mass is 10.1. The van der Waals surface area contributed by atoms with Crippen LogP contribution in [-0.2, 0) is 6.54 Å². The molecule has 0 bridgehead atoms. The van der Waals surface area contributed by atoms with Crippen LogP contribution in [0.5, 0.6) is 0 Å². The van der Waals surface area contributed by atoms with Crippen LogP contribution in [0.25, 0.3) is 0 Å². The Balaban J connectivity index is 1.69. The van der Waals surface area contributed by atoms with Gasteiger partial charge in [0.05, 0.1) is 12.1 Å². The average molecular weight is 328 g/mol. The van der Waals surface area contributed by atoms with Gasteiger partial charge in [-0.2, -0.15) is 0 Å². The maximum Gasteiger partial charge on any atom is 0.284 e. The predicted molar refractivity (Wildman–Crippen MR) is 88.7 cm³/mol. The summed E-state index contributed by atoms with van der Waals surface area (Å²) in [6, 6.07) is 6.63. The van der Waals surface area contributed by atoms with Crippen molar-refractivity contribution >= 4 is 17.6 Å². The van der Waals surface area contributed by atoms with Crippen molar-refractivity contribution in [3.8, 4) is 0 Å². The van der Waals surface area contributed by atoms with E-state index in [9.17, 15) is 9.59 Å². The van der Waals surface area contributed by atoms with Crippen LogP contribution < -0.4 is 16.0 Å². The minimum absolute atomic E-state index is 0.0784. The zero-order valence-electron chi connectivity index (χ0n) is 13.3. The molecule has 126 valence electrons. The number of nitrogens with one attached hydrogen (secondary N) is 1. The Morgan fingerprint density at radius 3 is 2.71 bits per heavy atom. The summed E-state index contributed by atoms with van der Waals surface area (Å²) in [5.74, 6) is 0.412. The van der Waals surface area contributed by atoms with Gasteiger partial charge >= 0.3 is 0 Å². The molecule has 3 N–H and O–H groups in total. The molecule has 3 rings (SSSR count). The molecule has 24 heavy (non-hydrogen) atoms. The number of piperidine rings is 1. The Morgan fingerprint density at radius 2 is 2.00 bits per heavy atom. The van der Waals surface area contributed by atoms with Crippen molar-refractivity contribution in [1.82, 2.24) is 10.3 Å². The molecule has 0 spiro atoms. The molecular weight excluding hydrogens is 308 g/mol.